The minimum absolute atomic E-state index is 0.354. The molecule has 1 aromatic heterocycles. The molecule has 1 aliphatic heterocycles. The van der Waals surface area contributed by atoms with Crippen LogP contribution >= 0.6 is 0 Å². The average Bonchev–Trinajstić information content (AvgIpc) is 2.73. The number of rotatable bonds is 3. The first-order chi connectivity index (χ1) is 9.86. The SMILES string of the molecule is OCC1CCCN(Cc2nccc3c2CCCC3)CC1. The first-order valence-corrected chi connectivity index (χ1v) is 8.15. The average molecular weight is 274 g/mol. The molecule has 1 atom stereocenters. The van der Waals surface area contributed by atoms with Crippen molar-refractivity contribution in [3.63, 3.8) is 0 Å². The molecule has 1 saturated heterocycles. The van der Waals surface area contributed by atoms with Crippen LogP contribution in [-0.2, 0) is 19.4 Å². The van der Waals surface area contributed by atoms with Gasteiger partial charge >= 0.3 is 0 Å². The van der Waals surface area contributed by atoms with Gasteiger partial charge in [0.25, 0.3) is 0 Å². The summed E-state index contributed by atoms with van der Waals surface area (Å²) < 4.78 is 0. The van der Waals surface area contributed by atoms with Gasteiger partial charge in [-0.3, -0.25) is 9.88 Å². The molecule has 0 bridgehead atoms. The largest absolute Gasteiger partial charge is 0.396 e. The number of likely N-dealkylation sites (tertiary alicyclic amines) is 1. The molecule has 110 valence electrons. The Morgan fingerprint density at radius 1 is 1.15 bits per heavy atom. The number of hydrogen-bond acceptors (Lipinski definition) is 3. The van der Waals surface area contributed by atoms with E-state index < -0.39 is 0 Å². The van der Waals surface area contributed by atoms with Gasteiger partial charge in [-0.25, -0.2) is 0 Å². The monoisotopic (exact) mass is 274 g/mol. The highest BCUT2D eigenvalue weighted by atomic mass is 16.3. The van der Waals surface area contributed by atoms with E-state index in [0.717, 1.165) is 26.1 Å². The molecule has 1 aromatic rings. The van der Waals surface area contributed by atoms with Crippen LogP contribution < -0.4 is 0 Å². The van der Waals surface area contributed by atoms with Gasteiger partial charge < -0.3 is 5.11 Å². The van der Waals surface area contributed by atoms with E-state index in [0.29, 0.717) is 12.5 Å². The summed E-state index contributed by atoms with van der Waals surface area (Å²) in [5, 5.41) is 9.32. The standard InChI is InChI=1S/C17H26N2O/c20-13-14-4-3-10-19(11-8-14)12-17-16-6-2-1-5-15(16)7-9-18-17/h7,9,14,20H,1-6,8,10-13H2. The Morgan fingerprint density at radius 2 is 2.05 bits per heavy atom. The topological polar surface area (TPSA) is 36.4 Å². The van der Waals surface area contributed by atoms with Gasteiger partial charge in [-0.1, -0.05) is 0 Å². The van der Waals surface area contributed by atoms with Crippen LogP contribution in [0.3, 0.4) is 0 Å². The molecule has 0 amide bonds. The van der Waals surface area contributed by atoms with Crippen molar-refractivity contribution in [1.82, 2.24) is 9.88 Å². The van der Waals surface area contributed by atoms with Crippen molar-refractivity contribution in [2.24, 2.45) is 5.92 Å². The summed E-state index contributed by atoms with van der Waals surface area (Å²) in [6.45, 7) is 3.62. The fourth-order valence-electron chi connectivity index (χ4n) is 3.65. The van der Waals surface area contributed by atoms with Crippen LogP contribution in [0.2, 0.25) is 0 Å². The second-order valence-corrected chi connectivity index (χ2v) is 6.36. The summed E-state index contributed by atoms with van der Waals surface area (Å²) in [5.41, 5.74) is 4.37. The molecule has 1 aliphatic carbocycles. The van der Waals surface area contributed by atoms with E-state index in [-0.39, 0.29) is 0 Å². The number of aromatic nitrogens is 1. The van der Waals surface area contributed by atoms with E-state index in [1.165, 1.54) is 55.3 Å². The third-order valence-electron chi connectivity index (χ3n) is 4.94. The normalized spacial score (nSPS) is 24.1. The van der Waals surface area contributed by atoms with Crippen molar-refractivity contribution in [2.75, 3.05) is 19.7 Å². The highest BCUT2D eigenvalue weighted by Gasteiger charge is 2.19. The number of hydrogen-bond donors (Lipinski definition) is 1. The summed E-state index contributed by atoms with van der Waals surface area (Å²) in [4.78, 5) is 7.20. The predicted octanol–water partition coefficient (Wildman–Crippen LogP) is 2.55. The molecule has 1 N–H and O–H groups in total. The van der Waals surface area contributed by atoms with Crippen molar-refractivity contribution >= 4 is 0 Å². The third kappa shape index (κ3) is 3.21. The lowest BCUT2D eigenvalue weighted by Crippen LogP contribution is -2.26. The fourth-order valence-corrected chi connectivity index (χ4v) is 3.65. The molecule has 0 radical (unpaired) electrons. The van der Waals surface area contributed by atoms with E-state index in [9.17, 15) is 5.11 Å². The number of fused-ring (bicyclic) bond motifs is 1. The molecule has 0 saturated carbocycles. The Morgan fingerprint density at radius 3 is 2.95 bits per heavy atom. The van der Waals surface area contributed by atoms with Crippen LogP contribution in [0.25, 0.3) is 0 Å². The van der Waals surface area contributed by atoms with Crippen LogP contribution in [0.4, 0.5) is 0 Å². The molecule has 0 aromatic carbocycles. The molecule has 3 rings (SSSR count). The molecule has 2 heterocycles. The quantitative estimate of drug-likeness (QED) is 0.920. The Kier molecular flexibility index (Phi) is 4.69. The second-order valence-electron chi connectivity index (χ2n) is 6.36. The zero-order valence-corrected chi connectivity index (χ0v) is 12.4. The summed E-state index contributed by atoms with van der Waals surface area (Å²) in [7, 11) is 0. The summed E-state index contributed by atoms with van der Waals surface area (Å²) in [5.74, 6) is 0.512. The Balaban J connectivity index is 1.68. The van der Waals surface area contributed by atoms with E-state index in [4.69, 9.17) is 0 Å². The second kappa shape index (κ2) is 6.68. The number of aliphatic hydroxyl groups is 1. The van der Waals surface area contributed by atoms with Gasteiger partial charge in [0.05, 0.1) is 5.69 Å². The van der Waals surface area contributed by atoms with Crippen LogP contribution in [0.5, 0.6) is 0 Å². The highest BCUT2D eigenvalue weighted by Crippen LogP contribution is 2.25. The number of aryl methyl sites for hydroxylation is 1. The lowest BCUT2D eigenvalue weighted by atomic mass is 9.91. The molecule has 0 spiro atoms. The molecule has 3 nitrogen and oxygen atoms in total. The van der Waals surface area contributed by atoms with Gasteiger partial charge in [0.1, 0.15) is 0 Å². The highest BCUT2D eigenvalue weighted by molar-refractivity contribution is 5.32. The first-order valence-electron chi connectivity index (χ1n) is 8.15. The number of pyridine rings is 1. The summed E-state index contributed by atoms with van der Waals surface area (Å²) in [6.07, 6.45) is 10.6. The number of aliphatic hydroxyl groups excluding tert-OH is 1. The lowest BCUT2D eigenvalue weighted by molar-refractivity contribution is 0.207. The van der Waals surface area contributed by atoms with Crippen LogP contribution in [0, 0.1) is 5.92 Å². The molecule has 2 aliphatic rings. The van der Waals surface area contributed by atoms with Crippen LogP contribution in [0.1, 0.15) is 48.9 Å². The van der Waals surface area contributed by atoms with Crippen LogP contribution in [-0.4, -0.2) is 34.7 Å². The summed E-state index contributed by atoms with van der Waals surface area (Å²) in [6, 6.07) is 2.21. The van der Waals surface area contributed by atoms with Gasteiger partial charge in [0.15, 0.2) is 0 Å². The molecular weight excluding hydrogens is 248 g/mol. The Bertz CT molecular complexity index is 447. The molecular formula is C17H26N2O. The van der Waals surface area contributed by atoms with E-state index in [1.54, 1.807) is 0 Å². The van der Waals surface area contributed by atoms with E-state index in [1.807, 2.05) is 6.20 Å². The molecule has 1 unspecified atom stereocenters. The zero-order chi connectivity index (χ0) is 13.8. The van der Waals surface area contributed by atoms with E-state index in [2.05, 4.69) is 16.0 Å². The predicted molar refractivity (Wildman–Crippen MR) is 80.6 cm³/mol. The lowest BCUT2D eigenvalue weighted by Gasteiger charge is -2.24. The summed E-state index contributed by atoms with van der Waals surface area (Å²) >= 11 is 0. The molecule has 1 fully saturated rings. The van der Waals surface area contributed by atoms with Crippen LogP contribution in [0.15, 0.2) is 12.3 Å². The van der Waals surface area contributed by atoms with Gasteiger partial charge in [-0.05, 0) is 81.1 Å². The van der Waals surface area contributed by atoms with Crippen molar-refractivity contribution in [3.8, 4) is 0 Å². The Hall–Kier alpha value is -0.930. The van der Waals surface area contributed by atoms with Crippen molar-refractivity contribution < 1.29 is 5.11 Å². The van der Waals surface area contributed by atoms with Crippen molar-refractivity contribution in [1.29, 1.82) is 0 Å². The van der Waals surface area contributed by atoms with Gasteiger partial charge in [-0.15, -0.1) is 0 Å². The smallest absolute Gasteiger partial charge is 0.0578 e. The van der Waals surface area contributed by atoms with Gasteiger partial charge in [0, 0.05) is 19.3 Å². The van der Waals surface area contributed by atoms with Gasteiger partial charge in [0.2, 0.25) is 0 Å². The first kappa shape index (κ1) is 14.0. The van der Waals surface area contributed by atoms with E-state index >= 15 is 0 Å². The van der Waals surface area contributed by atoms with Gasteiger partial charge in [-0.2, -0.15) is 0 Å². The minimum atomic E-state index is 0.354. The molecule has 3 heteroatoms. The fraction of sp³-hybridized carbons (Fsp3) is 0.706. The maximum atomic E-state index is 9.32. The zero-order valence-electron chi connectivity index (χ0n) is 12.4. The van der Waals surface area contributed by atoms with Crippen molar-refractivity contribution in [3.05, 3.63) is 29.1 Å². The number of nitrogens with zero attached hydrogens (tertiary/aromatic N) is 2. The maximum Gasteiger partial charge on any atom is 0.0578 e. The maximum absolute atomic E-state index is 9.32. The van der Waals surface area contributed by atoms with Crippen molar-refractivity contribution in [2.45, 2.75) is 51.5 Å². The Labute approximate surface area is 122 Å². The third-order valence-corrected chi connectivity index (χ3v) is 4.94. The molecule has 20 heavy (non-hydrogen) atoms. The minimum Gasteiger partial charge on any atom is -0.396 e.